The van der Waals surface area contributed by atoms with Crippen molar-refractivity contribution in [1.29, 1.82) is 0 Å². The van der Waals surface area contributed by atoms with Gasteiger partial charge in [-0.05, 0) is 12.8 Å². The summed E-state index contributed by atoms with van der Waals surface area (Å²) in [6.07, 6.45) is 6.72. The number of hydrogen-bond acceptors (Lipinski definition) is 5. The minimum Gasteiger partial charge on any atom is -0.368 e. The summed E-state index contributed by atoms with van der Waals surface area (Å²) >= 11 is 1.95. The van der Waals surface area contributed by atoms with Crippen LogP contribution in [0.2, 0.25) is 0 Å². The Bertz CT molecular complexity index is 582. The Morgan fingerprint density at radius 3 is 2.52 bits per heavy atom. The van der Waals surface area contributed by atoms with E-state index >= 15 is 0 Å². The highest BCUT2D eigenvalue weighted by Crippen LogP contribution is 2.30. The van der Waals surface area contributed by atoms with Gasteiger partial charge >= 0.3 is 0 Å². The largest absolute Gasteiger partial charge is 0.368 e. The minimum absolute atomic E-state index is 0.308. The molecule has 1 heterocycles. The van der Waals surface area contributed by atoms with Crippen molar-refractivity contribution < 1.29 is 0 Å². The minimum atomic E-state index is 0.308. The molecule has 1 aromatic heterocycles. The van der Waals surface area contributed by atoms with E-state index in [4.69, 9.17) is 5.73 Å². The molecule has 0 unspecified atom stereocenters. The molecule has 0 amide bonds. The lowest BCUT2D eigenvalue weighted by atomic mass is 10.0. The SMILES string of the molecule is Nc1nc(CSC2CCCCC2)nc(-c2ccccc2)n1. The van der Waals surface area contributed by atoms with E-state index in [-0.39, 0.29) is 0 Å². The molecule has 110 valence electrons. The molecule has 21 heavy (non-hydrogen) atoms. The normalized spacial score (nSPS) is 16.0. The average molecular weight is 300 g/mol. The summed E-state index contributed by atoms with van der Waals surface area (Å²) in [5, 5.41) is 0.747. The van der Waals surface area contributed by atoms with Crippen LogP contribution in [0.5, 0.6) is 0 Å². The Balaban J connectivity index is 1.72. The van der Waals surface area contributed by atoms with E-state index in [1.165, 1.54) is 32.1 Å². The molecule has 0 spiro atoms. The molecular weight excluding hydrogens is 280 g/mol. The average Bonchev–Trinajstić information content (AvgIpc) is 2.54. The lowest BCUT2D eigenvalue weighted by Gasteiger charge is -2.20. The van der Waals surface area contributed by atoms with Crippen molar-refractivity contribution in [1.82, 2.24) is 15.0 Å². The first-order chi connectivity index (χ1) is 10.3. The van der Waals surface area contributed by atoms with E-state index in [0.29, 0.717) is 11.8 Å². The summed E-state index contributed by atoms with van der Waals surface area (Å²) in [5.41, 5.74) is 6.82. The Hall–Kier alpha value is -1.62. The van der Waals surface area contributed by atoms with Crippen LogP contribution in [-0.4, -0.2) is 20.2 Å². The van der Waals surface area contributed by atoms with E-state index in [0.717, 1.165) is 22.4 Å². The number of benzene rings is 1. The predicted octanol–water partition coefficient (Wildman–Crippen LogP) is 3.69. The molecule has 2 N–H and O–H groups in total. The molecule has 0 radical (unpaired) electrons. The van der Waals surface area contributed by atoms with Gasteiger partial charge in [0.05, 0.1) is 5.75 Å². The molecule has 1 fully saturated rings. The fourth-order valence-electron chi connectivity index (χ4n) is 2.64. The van der Waals surface area contributed by atoms with Crippen molar-refractivity contribution in [2.75, 3.05) is 5.73 Å². The van der Waals surface area contributed by atoms with Crippen molar-refractivity contribution in [3.63, 3.8) is 0 Å². The van der Waals surface area contributed by atoms with E-state index in [1.54, 1.807) is 0 Å². The van der Waals surface area contributed by atoms with Gasteiger partial charge in [-0.3, -0.25) is 0 Å². The van der Waals surface area contributed by atoms with Gasteiger partial charge in [0.1, 0.15) is 5.82 Å². The number of anilines is 1. The quantitative estimate of drug-likeness (QED) is 0.933. The van der Waals surface area contributed by atoms with Crippen molar-refractivity contribution >= 4 is 17.7 Å². The fraction of sp³-hybridized carbons (Fsp3) is 0.438. The second-order valence-electron chi connectivity index (χ2n) is 5.37. The third-order valence-corrected chi connectivity index (χ3v) is 5.10. The molecule has 1 saturated carbocycles. The molecule has 0 saturated heterocycles. The number of rotatable bonds is 4. The van der Waals surface area contributed by atoms with Gasteiger partial charge in [-0.2, -0.15) is 21.7 Å². The monoisotopic (exact) mass is 300 g/mol. The van der Waals surface area contributed by atoms with Gasteiger partial charge in [0.15, 0.2) is 5.82 Å². The second kappa shape index (κ2) is 6.89. The number of thioether (sulfide) groups is 1. The van der Waals surface area contributed by atoms with Gasteiger partial charge in [0.25, 0.3) is 0 Å². The van der Waals surface area contributed by atoms with Gasteiger partial charge in [-0.1, -0.05) is 49.6 Å². The highest BCUT2D eigenvalue weighted by molar-refractivity contribution is 7.99. The number of nitrogens with two attached hydrogens (primary N) is 1. The maximum atomic E-state index is 5.83. The van der Waals surface area contributed by atoms with Crippen molar-refractivity contribution in [3.05, 3.63) is 36.2 Å². The number of hydrogen-bond donors (Lipinski definition) is 1. The number of nitrogens with zero attached hydrogens (tertiary/aromatic N) is 3. The molecule has 1 aliphatic rings. The summed E-state index contributed by atoms with van der Waals surface area (Å²) in [6.45, 7) is 0. The fourth-order valence-corrected chi connectivity index (χ4v) is 3.82. The first kappa shape index (κ1) is 14.3. The number of nitrogen functional groups attached to an aromatic ring is 1. The first-order valence-electron chi connectivity index (χ1n) is 7.49. The Morgan fingerprint density at radius 1 is 1.00 bits per heavy atom. The van der Waals surface area contributed by atoms with E-state index in [9.17, 15) is 0 Å². The molecule has 1 aliphatic carbocycles. The van der Waals surface area contributed by atoms with E-state index < -0.39 is 0 Å². The first-order valence-corrected chi connectivity index (χ1v) is 8.53. The van der Waals surface area contributed by atoms with Gasteiger partial charge in [-0.15, -0.1) is 0 Å². The number of aromatic nitrogens is 3. The van der Waals surface area contributed by atoms with E-state index in [1.807, 2.05) is 42.1 Å². The van der Waals surface area contributed by atoms with Crippen LogP contribution in [0.15, 0.2) is 30.3 Å². The lowest BCUT2D eigenvalue weighted by Crippen LogP contribution is -2.10. The second-order valence-corrected chi connectivity index (χ2v) is 6.66. The maximum absolute atomic E-state index is 5.83. The van der Waals surface area contributed by atoms with Crippen LogP contribution in [0.1, 0.15) is 37.9 Å². The molecule has 0 aliphatic heterocycles. The standard InChI is InChI=1S/C16H20N4S/c17-16-19-14(11-21-13-9-5-2-6-10-13)18-15(20-16)12-7-3-1-4-8-12/h1,3-4,7-8,13H,2,5-6,9-11H2,(H2,17,18,19,20). The van der Waals surface area contributed by atoms with Crippen LogP contribution in [-0.2, 0) is 5.75 Å². The summed E-state index contributed by atoms with van der Waals surface area (Å²) in [7, 11) is 0. The van der Waals surface area contributed by atoms with Gasteiger partial charge in [-0.25, -0.2) is 4.98 Å². The molecule has 0 bridgehead atoms. The molecular formula is C16H20N4S. The lowest BCUT2D eigenvalue weighted by molar-refractivity contribution is 0.516. The van der Waals surface area contributed by atoms with Crippen molar-refractivity contribution in [2.24, 2.45) is 0 Å². The smallest absolute Gasteiger partial charge is 0.223 e. The van der Waals surface area contributed by atoms with Crippen LogP contribution in [0, 0.1) is 0 Å². The Morgan fingerprint density at radius 2 is 1.76 bits per heavy atom. The van der Waals surface area contributed by atoms with Crippen LogP contribution in [0.25, 0.3) is 11.4 Å². The zero-order valence-corrected chi connectivity index (χ0v) is 12.9. The summed E-state index contributed by atoms with van der Waals surface area (Å²) in [4.78, 5) is 13.1. The third-order valence-electron chi connectivity index (χ3n) is 3.73. The third kappa shape index (κ3) is 3.94. The Labute approximate surface area is 129 Å². The Kier molecular flexibility index (Phi) is 4.70. The highest BCUT2D eigenvalue weighted by atomic mass is 32.2. The van der Waals surface area contributed by atoms with Crippen LogP contribution >= 0.6 is 11.8 Å². The van der Waals surface area contributed by atoms with Crippen LogP contribution in [0.3, 0.4) is 0 Å². The summed E-state index contributed by atoms with van der Waals surface area (Å²) in [6, 6.07) is 9.92. The maximum Gasteiger partial charge on any atom is 0.223 e. The van der Waals surface area contributed by atoms with E-state index in [2.05, 4.69) is 15.0 Å². The topological polar surface area (TPSA) is 64.7 Å². The molecule has 5 heteroatoms. The van der Waals surface area contributed by atoms with Crippen LogP contribution < -0.4 is 5.73 Å². The summed E-state index contributed by atoms with van der Waals surface area (Å²) in [5.74, 6) is 2.58. The van der Waals surface area contributed by atoms with Gasteiger partial charge in [0.2, 0.25) is 5.95 Å². The van der Waals surface area contributed by atoms with Crippen molar-refractivity contribution in [3.8, 4) is 11.4 Å². The molecule has 1 aromatic carbocycles. The van der Waals surface area contributed by atoms with Crippen molar-refractivity contribution in [2.45, 2.75) is 43.1 Å². The molecule has 3 rings (SSSR count). The predicted molar refractivity (Wildman–Crippen MR) is 87.8 cm³/mol. The zero-order chi connectivity index (χ0) is 14.5. The molecule has 0 atom stereocenters. The summed E-state index contributed by atoms with van der Waals surface area (Å²) < 4.78 is 0. The van der Waals surface area contributed by atoms with Gasteiger partial charge < -0.3 is 5.73 Å². The van der Waals surface area contributed by atoms with Crippen LogP contribution in [0.4, 0.5) is 5.95 Å². The highest BCUT2D eigenvalue weighted by Gasteiger charge is 2.15. The molecule has 4 nitrogen and oxygen atoms in total. The molecule has 2 aromatic rings. The van der Waals surface area contributed by atoms with Gasteiger partial charge in [0, 0.05) is 10.8 Å². The zero-order valence-electron chi connectivity index (χ0n) is 12.0.